The van der Waals surface area contributed by atoms with Crippen LogP contribution in [0.25, 0.3) is 0 Å². The predicted octanol–water partition coefficient (Wildman–Crippen LogP) is 2.32. The number of esters is 2. The minimum atomic E-state index is -0.601. The second kappa shape index (κ2) is 7.33. The summed E-state index contributed by atoms with van der Waals surface area (Å²) in [7, 11) is 0. The Bertz CT molecular complexity index is 449. The molecule has 0 aliphatic rings. The van der Waals surface area contributed by atoms with Crippen LogP contribution in [0.15, 0.2) is 36.9 Å². The first-order valence-electron chi connectivity index (χ1n) is 5.83. The minimum absolute atomic E-state index is 0.333. The first kappa shape index (κ1) is 14.9. The second-order valence-corrected chi connectivity index (χ2v) is 3.58. The van der Waals surface area contributed by atoms with Crippen LogP contribution in [0.4, 0.5) is 0 Å². The average Bonchev–Trinajstić information content (AvgIpc) is 2.39. The molecular formula is C14H16O5. The highest BCUT2D eigenvalue weighted by Gasteiger charge is 2.12. The van der Waals surface area contributed by atoms with Crippen LogP contribution in [0.2, 0.25) is 0 Å². The lowest BCUT2D eigenvalue weighted by atomic mass is 10.2. The first-order chi connectivity index (χ1) is 9.06. The topological polar surface area (TPSA) is 61.8 Å². The maximum Gasteiger partial charge on any atom is 0.340 e. The Labute approximate surface area is 111 Å². The number of rotatable bonds is 6. The molecule has 19 heavy (non-hydrogen) atoms. The second-order valence-electron chi connectivity index (χ2n) is 3.58. The zero-order valence-electron chi connectivity index (χ0n) is 10.9. The Morgan fingerprint density at radius 3 is 2.47 bits per heavy atom. The average molecular weight is 264 g/mol. The van der Waals surface area contributed by atoms with E-state index in [-0.39, 0.29) is 0 Å². The standard InChI is InChI=1S/C14H16O5/c1-4-13(15)19-12-8-6-11(7-9-12)14(16)18-10(3)17-5-2/h4,6-10H,1,5H2,2-3H3. The number of hydrogen-bond donors (Lipinski definition) is 0. The normalized spacial score (nSPS) is 11.5. The van der Waals surface area contributed by atoms with Crippen LogP contribution in [-0.2, 0) is 14.3 Å². The van der Waals surface area contributed by atoms with Gasteiger partial charge in [-0.05, 0) is 38.1 Å². The molecule has 0 bridgehead atoms. The number of ether oxygens (including phenoxy) is 3. The van der Waals surface area contributed by atoms with Gasteiger partial charge in [0.15, 0.2) is 6.29 Å². The fourth-order valence-corrected chi connectivity index (χ4v) is 1.30. The van der Waals surface area contributed by atoms with Crippen LogP contribution in [0, 0.1) is 0 Å². The number of carbonyl (C=O) groups is 2. The molecule has 1 unspecified atom stereocenters. The molecule has 0 aliphatic heterocycles. The summed E-state index contributed by atoms with van der Waals surface area (Å²) in [6.07, 6.45) is 0.460. The summed E-state index contributed by atoms with van der Waals surface area (Å²) in [5.41, 5.74) is 0.352. The largest absolute Gasteiger partial charge is 0.432 e. The molecule has 0 aromatic heterocycles. The fourth-order valence-electron chi connectivity index (χ4n) is 1.30. The van der Waals surface area contributed by atoms with E-state index in [1.165, 1.54) is 24.3 Å². The van der Waals surface area contributed by atoms with Crippen molar-refractivity contribution in [3.05, 3.63) is 42.5 Å². The highest BCUT2D eigenvalue weighted by Crippen LogP contribution is 2.14. The molecule has 1 aromatic rings. The van der Waals surface area contributed by atoms with Crippen LogP contribution in [0.1, 0.15) is 24.2 Å². The zero-order valence-corrected chi connectivity index (χ0v) is 10.9. The van der Waals surface area contributed by atoms with Gasteiger partial charge in [0.05, 0.1) is 5.56 Å². The van der Waals surface area contributed by atoms with Gasteiger partial charge in [-0.3, -0.25) is 0 Å². The molecule has 0 amide bonds. The van der Waals surface area contributed by atoms with Gasteiger partial charge in [0, 0.05) is 12.7 Å². The highest BCUT2D eigenvalue weighted by molar-refractivity contribution is 5.89. The maximum atomic E-state index is 11.7. The Morgan fingerprint density at radius 1 is 1.32 bits per heavy atom. The summed E-state index contributed by atoms with van der Waals surface area (Å²) < 4.78 is 15.0. The molecule has 0 N–H and O–H groups in total. The third-order valence-corrected chi connectivity index (χ3v) is 2.15. The van der Waals surface area contributed by atoms with Crippen molar-refractivity contribution in [1.82, 2.24) is 0 Å². The molecule has 1 atom stereocenters. The summed E-state index contributed by atoms with van der Waals surface area (Å²) in [5.74, 6) is -0.720. The van der Waals surface area contributed by atoms with E-state index in [1.807, 2.05) is 6.92 Å². The van der Waals surface area contributed by atoms with E-state index in [4.69, 9.17) is 14.2 Å². The minimum Gasteiger partial charge on any atom is -0.432 e. The van der Waals surface area contributed by atoms with Gasteiger partial charge in [0.2, 0.25) is 0 Å². The van der Waals surface area contributed by atoms with Gasteiger partial charge in [-0.25, -0.2) is 9.59 Å². The van der Waals surface area contributed by atoms with E-state index in [0.717, 1.165) is 6.08 Å². The summed E-state index contributed by atoms with van der Waals surface area (Å²) in [5, 5.41) is 0. The summed E-state index contributed by atoms with van der Waals surface area (Å²) in [6.45, 7) is 7.21. The SMILES string of the molecule is C=CC(=O)Oc1ccc(C(=O)OC(C)OCC)cc1. The molecule has 0 saturated heterocycles. The predicted molar refractivity (Wildman–Crippen MR) is 68.8 cm³/mol. The zero-order chi connectivity index (χ0) is 14.3. The summed E-state index contributed by atoms with van der Waals surface area (Å²) in [6, 6.07) is 6.02. The molecule has 0 spiro atoms. The molecule has 0 heterocycles. The van der Waals surface area contributed by atoms with Crippen molar-refractivity contribution in [3.8, 4) is 5.75 Å². The van der Waals surface area contributed by atoms with Gasteiger partial charge in [-0.15, -0.1) is 0 Å². The van der Waals surface area contributed by atoms with E-state index in [9.17, 15) is 9.59 Å². The van der Waals surface area contributed by atoms with Gasteiger partial charge in [-0.1, -0.05) is 6.58 Å². The van der Waals surface area contributed by atoms with Gasteiger partial charge in [0.1, 0.15) is 5.75 Å². The third kappa shape index (κ3) is 4.93. The van der Waals surface area contributed by atoms with E-state index in [0.29, 0.717) is 17.9 Å². The van der Waals surface area contributed by atoms with Gasteiger partial charge in [-0.2, -0.15) is 0 Å². The summed E-state index contributed by atoms with van der Waals surface area (Å²) in [4.78, 5) is 22.7. The Balaban J connectivity index is 2.62. The molecule has 1 rings (SSSR count). The van der Waals surface area contributed by atoms with Crippen molar-refractivity contribution in [1.29, 1.82) is 0 Å². The van der Waals surface area contributed by atoms with Gasteiger partial charge >= 0.3 is 11.9 Å². The van der Waals surface area contributed by atoms with Crippen molar-refractivity contribution >= 4 is 11.9 Å². The van der Waals surface area contributed by atoms with E-state index < -0.39 is 18.2 Å². The fraction of sp³-hybridized carbons (Fsp3) is 0.286. The number of hydrogen-bond acceptors (Lipinski definition) is 5. The highest BCUT2D eigenvalue weighted by atomic mass is 16.7. The molecule has 1 aromatic carbocycles. The van der Waals surface area contributed by atoms with Crippen molar-refractivity contribution in [3.63, 3.8) is 0 Å². The lowest BCUT2D eigenvalue weighted by Gasteiger charge is -2.12. The van der Waals surface area contributed by atoms with Crippen molar-refractivity contribution in [2.75, 3.05) is 6.61 Å². The van der Waals surface area contributed by atoms with Gasteiger partial charge in [0.25, 0.3) is 0 Å². The van der Waals surface area contributed by atoms with Crippen LogP contribution >= 0.6 is 0 Å². The molecule has 0 radical (unpaired) electrons. The molecule has 5 nitrogen and oxygen atoms in total. The smallest absolute Gasteiger partial charge is 0.340 e. The monoisotopic (exact) mass is 264 g/mol. The first-order valence-corrected chi connectivity index (χ1v) is 5.83. The van der Waals surface area contributed by atoms with E-state index in [2.05, 4.69) is 6.58 Å². The quantitative estimate of drug-likeness (QED) is 0.341. The molecule has 102 valence electrons. The van der Waals surface area contributed by atoms with Crippen molar-refractivity contribution < 1.29 is 23.8 Å². The molecule has 0 saturated carbocycles. The Kier molecular flexibility index (Phi) is 5.75. The maximum absolute atomic E-state index is 11.7. The van der Waals surface area contributed by atoms with E-state index >= 15 is 0 Å². The van der Waals surface area contributed by atoms with Crippen LogP contribution in [-0.4, -0.2) is 24.8 Å². The van der Waals surface area contributed by atoms with Crippen molar-refractivity contribution in [2.45, 2.75) is 20.1 Å². The third-order valence-electron chi connectivity index (χ3n) is 2.15. The van der Waals surface area contributed by atoms with Crippen LogP contribution in [0.5, 0.6) is 5.75 Å². The molecule has 0 fully saturated rings. The van der Waals surface area contributed by atoms with E-state index in [1.54, 1.807) is 6.92 Å². The molecule has 5 heteroatoms. The Morgan fingerprint density at radius 2 is 1.95 bits per heavy atom. The number of benzene rings is 1. The Hall–Kier alpha value is -2.14. The molecule has 0 aliphatic carbocycles. The van der Waals surface area contributed by atoms with Gasteiger partial charge < -0.3 is 14.2 Å². The summed E-state index contributed by atoms with van der Waals surface area (Å²) >= 11 is 0. The van der Waals surface area contributed by atoms with Crippen LogP contribution in [0.3, 0.4) is 0 Å². The number of carbonyl (C=O) groups excluding carboxylic acids is 2. The lowest BCUT2D eigenvalue weighted by molar-refractivity contribution is -0.128. The van der Waals surface area contributed by atoms with Crippen molar-refractivity contribution in [2.24, 2.45) is 0 Å². The van der Waals surface area contributed by atoms with Crippen LogP contribution < -0.4 is 4.74 Å². The lowest BCUT2D eigenvalue weighted by Crippen LogP contribution is -2.18. The molecular weight excluding hydrogens is 248 g/mol.